The van der Waals surface area contributed by atoms with Crippen LogP contribution in [0.25, 0.3) is 0 Å². The van der Waals surface area contributed by atoms with E-state index in [-0.39, 0.29) is 6.04 Å². The van der Waals surface area contributed by atoms with Crippen LogP contribution in [0.1, 0.15) is 36.1 Å². The van der Waals surface area contributed by atoms with E-state index in [9.17, 15) is 0 Å². The molecule has 1 unspecified atom stereocenters. The van der Waals surface area contributed by atoms with Gasteiger partial charge < -0.3 is 5.32 Å². The molecule has 1 atom stereocenters. The first-order valence-electron chi connectivity index (χ1n) is 6.71. The Bertz CT molecular complexity index is 564. The van der Waals surface area contributed by atoms with Gasteiger partial charge in [0.25, 0.3) is 0 Å². The van der Waals surface area contributed by atoms with Crippen molar-refractivity contribution < 1.29 is 0 Å². The largest absolute Gasteiger partial charge is 0.306 e. The predicted molar refractivity (Wildman–Crippen MR) is 85.6 cm³/mol. The lowest BCUT2D eigenvalue weighted by Crippen LogP contribution is -2.23. The molecule has 20 heavy (non-hydrogen) atoms. The zero-order valence-corrected chi connectivity index (χ0v) is 13.2. The second-order valence-corrected chi connectivity index (χ2v) is 5.76. The van der Waals surface area contributed by atoms with Crippen LogP contribution >= 0.6 is 23.2 Å². The molecule has 1 heterocycles. The van der Waals surface area contributed by atoms with Gasteiger partial charge >= 0.3 is 0 Å². The first-order chi connectivity index (χ1) is 9.60. The summed E-state index contributed by atoms with van der Waals surface area (Å²) in [6.45, 7) is 5.10. The van der Waals surface area contributed by atoms with Crippen LogP contribution in [-0.2, 0) is 0 Å². The van der Waals surface area contributed by atoms with Crippen molar-refractivity contribution in [2.75, 3.05) is 6.54 Å². The number of hydrogen-bond donors (Lipinski definition) is 1. The second-order valence-electron chi connectivity index (χ2n) is 4.89. The van der Waals surface area contributed by atoms with Crippen LogP contribution in [0.3, 0.4) is 0 Å². The highest BCUT2D eigenvalue weighted by Crippen LogP contribution is 2.28. The zero-order valence-electron chi connectivity index (χ0n) is 11.7. The summed E-state index contributed by atoms with van der Waals surface area (Å²) >= 11 is 12.2. The van der Waals surface area contributed by atoms with E-state index in [0.29, 0.717) is 10.0 Å². The summed E-state index contributed by atoms with van der Waals surface area (Å²) in [7, 11) is 0. The Hall–Kier alpha value is -1.09. The van der Waals surface area contributed by atoms with Crippen molar-refractivity contribution in [2.45, 2.75) is 26.3 Å². The molecule has 2 aromatic rings. The lowest BCUT2D eigenvalue weighted by molar-refractivity contribution is 0.597. The number of rotatable bonds is 5. The van der Waals surface area contributed by atoms with E-state index in [2.05, 4.69) is 23.3 Å². The standard InChI is InChI=1S/C16H18Cl2N2/c1-3-4-20-16(13-5-11(2)9-19-10-13)12-6-14(17)8-15(18)7-12/h5-10,16,20H,3-4H2,1-2H3. The van der Waals surface area contributed by atoms with Gasteiger partial charge in [-0.2, -0.15) is 0 Å². The third-order valence-corrected chi connectivity index (χ3v) is 3.48. The van der Waals surface area contributed by atoms with E-state index < -0.39 is 0 Å². The predicted octanol–water partition coefficient (Wildman–Crippen LogP) is 4.79. The Morgan fingerprint density at radius 1 is 1.05 bits per heavy atom. The number of benzene rings is 1. The molecule has 0 aliphatic carbocycles. The van der Waals surface area contributed by atoms with Gasteiger partial charge in [-0.05, 0) is 54.8 Å². The first kappa shape index (κ1) is 15.3. The molecule has 0 aliphatic heterocycles. The fraction of sp³-hybridized carbons (Fsp3) is 0.312. The highest BCUT2D eigenvalue weighted by molar-refractivity contribution is 6.34. The van der Waals surface area contributed by atoms with Gasteiger partial charge in [0, 0.05) is 22.4 Å². The molecule has 0 bridgehead atoms. The van der Waals surface area contributed by atoms with Crippen molar-refractivity contribution >= 4 is 23.2 Å². The maximum absolute atomic E-state index is 6.12. The van der Waals surface area contributed by atoms with Crippen molar-refractivity contribution in [3.63, 3.8) is 0 Å². The van der Waals surface area contributed by atoms with Crippen LogP contribution in [-0.4, -0.2) is 11.5 Å². The molecule has 0 fully saturated rings. The lowest BCUT2D eigenvalue weighted by Gasteiger charge is -2.20. The van der Waals surface area contributed by atoms with E-state index in [4.69, 9.17) is 23.2 Å². The topological polar surface area (TPSA) is 24.9 Å². The molecule has 1 N–H and O–H groups in total. The quantitative estimate of drug-likeness (QED) is 0.859. The Kier molecular flexibility index (Phi) is 5.41. The average molecular weight is 309 g/mol. The zero-order chi connectivity index (χ0) is 14.5. The number of aromatic nitrogens is 1. The molecule has 0 saturated carbocycles. The fourth-order valence-corrected chi connectivity index (χ4v) is 2.74. The molecule has 106 valence electrons. The molecule has 2 nitrogen and oxygen atoms in total. The van der Waals surface area contributed by atoms with Gasteiger partial charge in [0.15, 0.2) is 0 Å². The maximum atomic E-state index is 6.12. The van der Waals surface area contributed by atoms with Crippen LogP contribution in [0.15, 0.2) is 36.7 Å². The second kappa shape index (κ2) is 7.07. The molecule has 0 radical (unpaired) electrons. The van der Waals surface area contributed by atoms with E-state index in [1.165, 1.54) is 0 Å². The molecule has 0 aliphatic rings. The van der Waals surface area contributed by atoms with E-state index in [0.717, 1.165) is 29.7 Å². The number of aryl methyl sites for hydroxylation is 1. The maximum Gasteiger partial charge on any atom is 0.0593 e. The Morgan fingerprint density at radius 3 is 2.35 bits per heavy atom. The summed E-state index contributed by atoms with van der Waals surface area (Å²) in [5.41, 5.74) is 3.32. The number of hydrogen-bond acceptors (Lipinski definition) is 2. The highest BCUT2D eigenvalue weighted by Gasteiger charge is 2.15. The lowest BCUT2D eigenvalue weighted by atomic mass is 9.99. The van der Waals surface area contributed by atoms with Gasteiger partial charge in [-0.3, -0.25) is 4.98 Å². The van der Waals surface area contributed by atoms with Crippen molar-refractivity contribution in [3.05, 3.63) is 63.4 Å². The van der Waals surface area contributed by atoms with Crippen LogP contribution in [0.4, 0.5) is 0 Å². The third kappa shape index (κ3) is 3.95. The van der Waals surface area contributed by atoms with Gasteiger partial charge in [-0.25, -0.2) is 0 Å². The average Bonchev–Trinajstić information content (AvgIpc) is 2.38. The summed E-state index contributed by atoms with van der Waals surface area (Å²) in [6, 6.07) is 7.83. The summed E-state index contributed by atoms with van der Waals surface area (Å²) < 4.78 is 0. The van der Waals surface area contributed by atoms with E-state index in [1.54, 1.807) is 6.07 Å². The van der Waals surface area contributed by atoms with Gasteiger partial charge in [-0.15, -0.1) is 0 Å². The highest BCUT2D eigenvalue weighted by atomic mass is 35.5. The summed E-state index contributed by atoms with van der Waals surface area (Å²) in [5.74, 6) is 0. The van der Waals surface area contributed by atoms with Crippen molar-refractivity contribution in [2.24, 2.45) is 0 Å². The van der Waals surface area contributed by atoms with Gasteiger partial charge in [-0.1, -0.05) is 36.2 Å². The van der Waals surface area contributed by atoms with Gasteiger partial charge in [0.1, 0.15) is 0 Å². The van der Waals surface area contributed by atoms with Gasteiger partial charge in [0.2, 0.25) is 0 Å². The number of pyridine rings is 1. The minimum absolute atomic E-state index is 0.0542. The molecule has 0 saturated heterocycles. The summed E-state index contributed by atoms with van der Waals surface area (Å²) in [5, 5.41) is 4.83. The Balaban J connectivity index is 2.41. The van der Waals surface area contributed by atoms with Crippen LogP contribution in [0, 0.1) is 6.92 Å². The number of nitrogens with zero attached hydrogens (tertiary/aromatic N) is 1. The molecule has 0 amide bonds. The van der Waals surface area contributed by atoms with Crippen molar-refractivity contribution in [1.29, 1.82) is 0 Å². The third-order valence-electron chi connectivity index (χ3n) is 3.05. The molecular formula is C16H18Cl2N2. The van der Waals surface area contributed by atoms with E-state index in [1.807, 2.05) is 31.5 Å². The Labute approximate surface area is 130 Å². The van der Waals surface area contributed by atoms with Gasteiger partial charge in [0.05, 0.1) is 6.04 Å². The monoisotopic (exact) mass is 308 g/mol. The summed E-state index contributed by atoms with van der Waals surface area (Å²) in [6.07, 6.45) is 4.80. The molecule has 0 spiro atoms. The van der Waals surface area contributed by atoms with Crippen molar-refractivity contribution in [1.82, 2.24) is 10.3 Å². The number of halogens is 2. The van der Waals surface area contributed by atoms with Crippen LogP contribution in [0.2, 0.25) is 10.0 Å². The minimum Gasteiger partial charge on any atom is -0.306 e. The first-order valence-corrected chi connectivity index (χ1v) is 7.46. The summed E-state index contributed by atoms with van der Waals surface area (Å²) in [4.78, 5) is 4.28. The Morgan fingerprint density at radius 2 is 1.75 bits per heavy atom. The minimum atomic E-state index is 0.0542. The smallest absolute Gasteiger partial charge is 0.0593 e. The molecule has 2 rings (SSSR count). The van der Waals surface area contributed by atoms with Crippen LogP contribution < -0.4 is 5.32 Å². The molecular weight excluding hydrogens is 291 g/mol. The number of nitrogens with one attached hydrogen (secondary N) is 1. The van der Waals surface area contributed by atoms with Crippen LogP contribution in [0.5, 0.6) is 0 Å². The molecule has 4 heteroatoms. The normalized spacial score (nSPS) is 12.4. The molecule has 1 aromatic carbocycles. The van der Waals surface area contributed by atoms with E-state index >= 15 is 0 Å². The molecule has 1 aromatic heterocycles. The fourth-order valence-electron chi connectivity index (χ4n) is 2.19. The van der Waals surface area contributed by atoms with Crippen molar-refractivity contribution in [3.8, 4) is 0 Å². The SMILES string of the molecule is CCCNC(c1cncc(C)c1)c1cc(Cl)cc(Cl)c1.